The van der Waals surface area contributed by atoms with Crippen molar-refractivity contribution >= 4 is 23.4 Å². The van der Waals surface area contributed by atoms with Crippen molar-refractivity contribution in [2.24, 2.45) is 0 Å². The van der Waals surface area contributed by atoms with E-state index in [1.165, 1.54) is 7.11 Å². The van der Waals surface area contributed by atoms with Crippen LogP contribution in [0.3, 0.4) is 0 Å². The van der Waals surface area contributed by atoms with Crippen LogP contribution in [0.15, 0.2) is 42.6 Å². The highest BCUT2D eigenvalue weighted by Crippen LogP contribution is 2.18. The summed E-state index contributed by atoms with van der Waals surface area (Å²) in [6, 6.07) is 11.0. The first-order chi connectivity index (χ1) is 13.1. The van der Waals surface area contributed by atoms with E-state index < -0.39 is 5.97 Å². The van der Waals surface area contributed by atoms with Gasteiger partial charge in [-0.25, -0.2) is 9.78 Å². The van der Waals surface area contributed by atoms with Crippen LogP contribution in [0.4, 0.5) is 11.5 Å². The summed E-state index contributed by atoms with van der Waals surface area (Å²) in [4.78, 5) is 32.8. The average Bonchev–Trinajstić information content (AvgIpc) is 2.70. The molecule has 1 amide bonds. The van der Waals surface area contributed by atoms with Gasteiger partial charge in [-0.3, -0.25) is 9.69 Å². The number of carbonyl (C=O) groups excluding carboxylic acids is 2. The molecule has 3 rings (SSSR count). The zero-order valence-corrected chi connectivity index (χ0v) is 15.6. The summed E-state index contributed by atoms with van der Waals surface area (Å²) in [7, 11) is 1.34. The summed E-state index contributed by atoms with van der Waals surface area (Å²) in [5, 5.41) is 2.91. The molecule has 0 bridgehead atoms. The Balaban J connectivity index is 1.54. The second-order valence-corrected chi connectivity index (χ2v) is 6.52. The molecule has 1 fully saturated rings. The van der Waals surface area contributed by atoms with Crippen molar-refractivity contribution in [3.8, 4) is 0 Å². The lowest BCUT2D eigenvalue weighted by Gasteiger charge is -2.35. The van der Waals surface area contributed by atoms with Crippen molar-refractivity contribution in [3.05, 3.63) is 53.7 Å². The number of aromatic nitrogens is 1. The Morgan fingerprint density at radius 1 is 1.15 bits per heavy atom. The zero-order chi connectivity index (χ0) is 19.2. The lowest BCUT2D eigenvalue weighted by Crippen LogP contribution is -2.48. The summed E-state index contributed by atoms with van der Waals surface area (Å²) in [6.45, 7) is 5.47. The molecule has 1 N–H and O–H groups in total. The van der Waals surface area contributed by atoms with Gasteiger partial charge in [-0.1, -0.05) is 12.1 Å². The molecule has 2 aromatic rings. The van der Waals surface area contributed by atoms with Gasteiger partial charge in [-0.05, 0) is 36.8 Å². The minimum absolute atomic E-state index is 0.0913. The predicted molar refractivity (Wildman–Crippen MR) is 104 cm³/mol. The molecule has 7 nitrogen and oxygen atoms in total. The van der Waals surface area contributed by atoms with Crippen molar-refractivity contribution in [1.82, 2.24) is 9.88 Å². The van der Waals surface area contributed by atoms with Gasteiger partial charge in [0.1, 0.15) is 5.82 Å². The van der Waals surface area contributed by atoms with Gasteiger partial charge < -0.3 is 15.0 Å². The van der Waals surface area contributed by atoms with Crippen LogP contribution in [0, 0.1) is 6.92 Å². The Labute approximate surface area is 158 Å². The lowest BCUT2D eigenvalue weighted by molar-refractivity contribution is -0.117. The number of nitrogens with one attached hydrogen (secondary N) is 1. The second kappa shape index (κ2) is 8.64. The summed E-state index contributed by atoms with van der Waals surface area (Å²) in [5.74, 6) is 0.458. The second-order valence-electron chi connectivity index (χ2n) is 6.52. The summed E-state index contributed by atoms with van der Waals surface area (Å²) < 4.78 is 4.73. The molecule has 0 saturated carbocycles. The van der Waals surface area contributed by atoms with E-state index in [1.54, 1.807) is 24.4 Å². The minimum atomic E-state index is -0.420. The number of anilines is 2. The van der Waals surface area contributed by atoms with E-state index >= 15 is 0 Å². The van der Waals surface area contributed by atoms with Crippen LogP contribution < -0.4 is 10.2 Å². The number of carbonyl (C=O) groups is 2. The van der Waals surface area contributed by atoms with Crippen LogP contribution in [-0.4, -0.2) is 61.6 Å². The Bertz CT molecular complexity index is 802. The van der Waals surface area contributed by atoms with Crippen LogP contribution in [-0.2, 0) is 9.53 Å². The molecule has 0 radical (unpaired) electrons. The molecule has 0 spiro atoms. The zero-order valence-electron chi connectivity index (χ0n) is 15.6. The van der Waals surface area contributed by atoms with Crippen LogP contribution in [0.25, 0.3) is 0 Å². The van der Waals surface area contributed by atoms with Gasteiger partial charge >= 0.3 is 5.97 Å². The number of nitrogens with zero attached hydrogens (tertiary/aromatic N) is 3. The Kier molecular flexibility index (Phi) is 6.03. The molecule has 1 aromatic heterocycles. The van der Waals surface area contributed by atoms with Gasteiger partial charge in [0.05, 0.1) is 19.2 Å². The summed E-state index contributed by atoms with van der Waals surface area (Å²) >= 11 is 0. The summed E-state index contributed by atoms with van der Waals surface area (Å²) in [6.07, 6.45) is 1.79. The topological polar surface area (TPSA) is 74.8 Å². The van der Waals surface area contributed by atoms with Gasteiger partial charge in [0, 0.05) is 38.1 Å². The molecule has 2 heterocycles. The number of aryl methyl sites for hydroxylation is 1. The quantitative estimate of drug-likeness (QED) is 0.813. The van der Waals surface area contributed by atoms with Gasteiger partial charge in [-0.2, -0.15) is 0 Å². The fraction of sp³-hybridized carbons (Fsp3) is 0.350. The number of piperazine rings is 1. The maximum absolute atomic E-state index is 12.4. The van der Waals surface area contributed by atoms with Crippen molar-refractivity contribution in [3.63, 3.8) is 0 Å². The fourth-order valence-corrected chi connectivity index (χ4v) is 3.07. The number of rotatable bonds is 5. The van der Waals surface area contributed by atoms with E-state index in [1.807, 2.05) is 25.1 Å². The summed E-state index contributed by atoms with van der Waals surface area (Å²) in [5.41, 5.74) is 1.95. The number of amides is 1. The van der Waals surface area contributed by atoms with E-state index in [9.17, 15) is 9.59 Å². The molecule has 142 valence electrons. The molecular weight excluding hydrogens is 344 g/mol. The highest BCUT2D eigenvalue weighted by Gasteiger charge is 2.20. The average molecular weight is 368 g/mol. The molecule has 27 heavy (non-hydrogen) atoms. The van der Waals surface area contributed by atoms with Crippen molar-refractivity contribution in [2.45, 2.75) is 6.92 Å². The smallest absolute Gasteiger partial charge is 0.337 e. The monoisotopic (exact) mass is 368 g/mol. The van der Waals surface area contributed by atoms with Crippen molar-refractivity contribution < 1.29 is 14.3 Å². The van der Waals surface area contributed by atoms with Crippen LogP contribution in [0.1, 0.15) is 15.9 Å². The lowest BCUT2D eigenvalue weighted by atomic mass is 10.1. The number of esters is 1. The SMILES string of the molecule is COC(=O)c1ccc(C)c(NC(=O)CN2CCN(c3ccccn3)CC2)c1. The molecule has 0 aliphatic carbocycles. The van der Waals surface area contributed by atoms with E-state index in [0.29, 0.717) is 17.8 Å². The first-order valence-electron chi connectivity index (χ1n) is 8.94. The maximum Gasteiger partial charge on any atom is 0.337 e. The Morgan fingerprint density at radius 2 is 1.93 bits per heavy atom. The molecule has 0 atom stereocenters. The number of ether oxygens (including phenoxy) is 1. The van der Waals surface area contributed by atoms with Gasteiger partial charge in [-0.15, -0.1) is 0 Å². The molecule has 0 unspecified atom stereocenters. The Hall–Kier alpha value is -2.93. The third-order valence-corrected chi connectivity index (χ3v) is 4.65. The molecular formula is C20H24N4O3. The molecule has 1 aromatic carbocycles. The van der Waals surface area contributed by atoms with E-state index in [-0.39, 0.29) is 5.91 Å². The first kappa shape index (κ1) is 18.8. The van der Waals surface area contributed by atoms with E-state index in [0.717, 1.165) is 37.6 Å². The van der Waals surface area contributed by atoms with Gasteiger partial charge in [0.25, 0.3) is 0 Å². The first-order valence-corrected chi connectivity index (χ1v) is 8.94. The highest BCUT2D eigenvalue weighted by molar-refractivity contribution is 5.96. The van der Waals surface area contributed by atoms with Crippen LogP contribution in [0.5, 0.6) is 0 Å². The van der Waals surface area contributed by atoms with E-state index in [4.69, 9.17) is 4.74 Å². The Morgan fingerprint density at radius 3 is 2.59 bits per heavy atom. The molecule has 7 heteroatoms. The number of benzene rings is 1. The van der Waals surface area contributed by atoms with Gasteiger partial charge in [0.15, 0.2) is 0 Å². The third kappa shape index (κ3) is 4.83. The van der Waals surface area contributed by atoms with Gasteiger partial charge in [0.2, 0.25) is 5.91 Å². The molecule has 1 aliphatic heterocycles. The number of hydrogen-bond acceptors (Lipinski definition) is 6. The fourth-order valence-electron chi connectivity index (χ4n) is 3.07. The van der Waals surface area contributed by atoms with E-state index in [2.05, 4.69) is 20.1 Å². The van der Waals surface area contributed by atoms with Crippen LogP contribution >= 0.6 is 0 Å². The largest absolute Gasteiger partial charge is 0.465 e. The number of methoxy groups -OCH3 is 1. The third-order valence-electron chi connectivity index (χ3n) is 4.65. The van der Waals surface area contributed by atoms with Crippen LogP contribution in [0.2, 0.25) is 0 Å². The van der Waals surface area contributed by atoms with Crippen molar-refractivity contribution in [1.29, 1.82) is 0 Å². The number of pyridine rings is 1. The highest BCUT2D eigenvalue weighted by atomic mass is 16.5. The normalized spacial score (nSPS) is 14.7. The predicted octanol–water partition coefficient (Wildman–Crippen LogP) is 1.94. The molecule has 1 saturated heterocycles. The minimum Gasteiger partial charge on any atom is -0.465 e. The maximum atomic E-state index is 12.4. The number of hydrogen-bond donors (Lipinski definition) is 1. The van der Waals surface area contributed by atoms with Crippen molar-refractivity contribution in [2.75, 3.05) is 50.1 Å². The molecule has 1 aliphatic rings. The standard InChI is InChI=1S/C20H24N4O3/c1-15-6-7-16(20(26)27-2)13-17(15)22-19(25)14-23-9-11-24(12-10-23)18-5-3-4-8-21-18/h3-8,13H,9-12,14H2,1-2H3,(H,22,25).